The van der Waals surface area contributed by atoms with Crippen molar-refractivity contribution in [3.05, 3.63) is 0 Å². The lowest BCUT2D eigenvalue weighted by atomic mass is 9.68. The summed E-state index contributed by atoms with van der Waals surface area (Å²) in [4.78, 5) is 0. The summed E-state index contributed by atoms with van der Waals surface area (Å²) in [6, 6.07) is 0. The molecule has 0 radical (unpaired) electrons. The predicted octanol–water partition coefficient (Wildman–Crippen LogP) is 14.8. The number of unbranched alkanes of at least 4 members (excludes halogenated alkanes) is 5. The van der Waals surface area contributed by atoms with Crippen molar-refractivity contribution < 1.29 is 9.47 Å². The molecule has 4 aliphatic carbocycles. The molecule has 4 aliphatic rings. The lowest BCUT2D eigenvalue weighted by molar-refractivity contribution is -0.0450. The first-order chi connectivity index (χ1) is 24.5. The van der Waals surface area contributed by atoms with Crippen LogP contribution in [0.2, 0.25) is 0 Å². The van der Waals surface area contributed by atoms with Crippen LogP contribution >= 0.6 is 0 Å². The summed E-state index contributed by atoms with van der Waals surface area (Å²) in [7, 11) is 0. The average Bonchev–Trinajstić information content (AvgIpc) is 3.19. The molecule has 0 amide bonds. The largest absolute Gasteiger partial charge is 0.362 e. The summed E-state index contributed by atoms with van der Waals surface area (Å²) in [6.07, 6.45) is 46.0. The topological polar surface area (TPSA) is 18.5 Å². The molecule has 0 aliphatic heterocycles. The first-order valence-corrected chi connectivity index (χ1v) is 22.8. The molecule has 0 heterocycles. The van der Waals surface area contributed by atoms with Gasteiger partial charge in [0.05, 0.1) is 0 Å². The fraction of sp³-hybridized carbons (Fsp3) is 0.917. The summed E-state index contributed by atoms with van der Waals surface area (Å²) in [5.41, 5.74) is -0.568. The number of ether oxygens (including phenoxy) is 2. The van der Waals surface area contributed by atoms with E-state index in [2.05, 4.69) is 25.7 Å². The van der Waals surface area contributed by atoms with E-state index in [0.29, 0.717) is 0 Å². The Bertz CT molecular complexity index is 774. The van der Waals surface area contributed by atoms with E-state index in [4.69, 9.17) is 22.3 Å². The minimum Gasteiger partial charge on any atom is -0.362 e. The van der Waals surface area contributed by atoms with Crippen LogP contribution in [-0.2, 0) is 9.47 Å². The van der Waals surface area contributed by atoms with Crippen molar-refractivity contribution in [2.24, 2.45) is 35.5 Å². The van der Waals surface area contributed by atoms with Crippen molar-refractivity contribution >= 4 is 0 Å². The summed E-state index contributed by atoms with van der Waals surface area (Å²) in [5.74, 6) is 11.9. The third-order valence-electron chi connectivity index (χ3n) is 13.0. The van der Waals surface area contributed by atoms with Gasteiger partial charge in [0, 0.05) is 13.2 Å². The fourth-order valence-corrected chi connectivity index (χ4v) is 9.98. The van der Waals surface area contributed by atoms with Crippen LogP contribution in [0, 0.1) is 60.2 Å². The van der Waals surface area contributed by atoms with Crippen molar-refractivity contribution in [2.45, 2.75) is 234 Å². The molecule has 2 heteroatoms. The van der Waals surface area contributed by atoms with E-state index < -0.39 is 0 Å². The Balaban J connectivity index is 0.00000197. The lowest BCUT2D eigenvalue weighted by Crippen LogP contribution is -2.38. The van der Waals surface area contributed by atoms with Crippen LogP contribution in [0.15, 0.2) is 0 Å². The minimum absolute atomic E-state index is 0.284. The lowest BCUT2D eigenvalue weighted by Gasteiger charge is -2.41. The molecule has 4 rings (SSSR count). The van der Waals surface area contributed by atoms with E-state index >= 15 is 0 Å². The van der Waals surface area contributed by atoms with Gasteiger partial charge < -0.3 is 9.47 Å². The fourth-order valence-electron chi connectivity index (χ4n) is 9.98. The van der Waals surface area contributed by atoms with E-state index in [1.54, 1.807) is 0 Å². The van der Waals surface area contributed by atoms with Gasteiger partial charge in [-0.2, -0.15) is 0 Å². The van der Waals surface area contributed by atoms with Crippen LogP contribution in [0.3, 0.4) is 0 Å². The quantitative estimate of drug-likeness (QED) is 0.111. The highest BCUT2D eigenvalue weighted by Crippen LogP contribution is 2.45. The van der Waals surface area contributed by atoms with Gasteiger partial charge in [-0.25, -0.2) is 0 Å². The molecule has 0 unspecified atom stereocenters. The number of hydrogen-bond acceptors (Lipinski definition) is 2. The van der Waals surface area contributed by atoms with Crippen molar-refractivity contribution in [1.29, 1.82) is 0 Å². The van der Waals surface area contributed by atoms with Crippen LogP contribution < -0.4 is 0 Å². The second kappa shape index (κ2) is 28.5. The molecule has 50 heavy (non-hydrogen) atoms. The highest BCUT2D eigenvalue weighted by atomic mass is 16.5. The Kier molecular flexibility index (Phi) is 26.9. The molecule has 292 valence electrons. The number of rotatable bonds is 17. The zero-order chi connectivity index (χ0) is 37.1. The maximum Gasteiger partial charge on any atom is 0.128 e. The Morgan fingerprint density at radius 3 is 1.00 bits per heavy atom. The second-order valence-electron chi connectivity index (χ2n) is 15.9. The highest BCUT2D eigenvalue weighted by Gasteiger charge is 2.39. The number of terminal acetylenes is 2. The molecule has 4 fully saturated rings. The van der Waals surface area contributed by atoms with Crippen molar-refractivity contribution in [2.75, 3.05) is 13.2 Å². The van der Waals surface area contributed by atoms with Gasteiger partial charge in [-0.05, 0) is 125 Å². The molecule has 0 atom stereocenters. The first-order valence-electron chi connectivity index (χ1n) is 22.8. The zero-order valence-electron chi connectivity index (χ0n) is 35.2. The van der Waals surface area contributed by atoms with Crippen LogP contribution in [0.5, 0.6) is 0 Å². The summed E-state index contributed by atoms with van der Waals surface area (Å²) >= 11 is 0. The van der Waals surface area contributed by atoms with Crippen LogP contribution in [-0.4, -0.2) is 24.4 Å². The minimum atomic E-state index is -0.284. The molecule has 0 spiro atoms. The highest BCUT2D eigenvalue weighted by molar-refractivity contribution is 5.11. The zero-order valence-corrected chi connectivity index (χ0v) is 35.2. The molecule has 0 bridgehead atoms. The third kappa shape index (κ3) is 16.4. The monoisotopic (exact) mass is 697 g/mol. The van der Waals surface area contributed by atoms with E-state index in [1.165, 1.54) is 128 Å². The van der Waals surface area contributed by atoms with Crippen molar-refractivity contribution in [1.82, 2.24) is 0 Å². The van der Waals surface area contributed by atoms with E-state index in [1.807, 2.05) is 41.5 Å². The van der Waals surface area contributed by atoms with Gasteiger partial charge in [0.25, 0.3) is 0 Å². The van der Waals surface area contributed by atoms with Crippen LogP contribution in [0.4, 0.5) is 0 Å². The van der Waals surface area contributed by atoms with Gasteiger partial charge in [-0.1, -0.05) is 144 Å². The van der Waals surface area contributed by atoms with Crippen molar-refractivity contribution in [3.63, 3.8) is 0 Å². The maximum absolute atomic E-state index is 6.43. The van der Waals surface area contributed by atoms with E-state index in [9.17, 15) is 0 Å². The molecule has 0 aromatic carbocycles. The Labute approximate surface area is 315 Å². The van der Waals surface area contributed by atoms with Crippen LogP contribution in [0.25, 0.3) is 0 Å². The molecule has 0 aromatic rings. The summed E-state index contributed by atoms with van der Waals surface area (Å²) < 4.78 is 12.9. The SMILES string of the molecule is C#CC1(OCCCCCCCCOC2(C#C)CCC(C3CCC(CCC)CC3)CC2)CCC(C2CCC(CCC)CC2)CC1.CC.CC.CC. The van der Waals surface area contributed by atoms with Gasteiger partial charge in [0.15, 0.2) is 0 Å². The third-order valence-corrected chi connectivity index (χ3v) is 13.0. The Morgan fingerprint density at radius 1 is 0.440 bits per heavy atom. The smallest absolute Gasteiger partial charge is 0.128 e. The molecule has 0 aromatic heterocycles. The standard InChI is InChI=1S/C42H70O2.3C2H6/c1-5-15-35-17-21-37(22-18-35)39-25-29-41(7-3,30-26-39)43-33-13-11-9-10-12-14-34-44-42(8-4)31-27-40(28-32-42)38-23-19-36(16-6-2)20-24-38;3*1-2/h3-4,35-40H,5-6,9-34H2,1-2H3;3*1-2H3. The number of hydrogen-bond donors (Lipinski definition) is 0. The molecule has 0 saturated heterocycles. The molecule has 2 nitrogen and oxygen atoms in total. The Morgan fingerprint density at radius 2 is 0.720 bits per heavy atom. The Hall–Kier alpha value is -0.960. The van der Waals surface area contributed by atoms with Gasteiger partial charge >= 0.3 is 0 Å². The van der Waals surface area contributed by atoms with Crippen LogP contribution in [0.1, 0.15) is 222 Å². The van der Waals surface area contributed by atoms with E-state index in [0.717, 1.165) is 87.2 Å². The molecule has 4 saturated carbocycles. The second-order valence-corrected chi connectivity index (χ2v) is 15.9. The van der Waals surface area contributed by atoms with Gasteiger partial charge in [-0.3, -0.25) is 0 Å². The normalized spacial score (nSPS) is 32.4. The van der Waals surface area contributed by atoms with E-state index in [-0.39, 0.29) is 11.2 Å². The van der Waals surface area contributed by atoms with Gasteiger partial charge in [0.2, 0.25) is 0 Å². The maximum atomic E-state index is 6.43. The van der Waals surface area contributed by atoms with Crippen molar-refractivity contribution in [3.8, 4) is 24.7 Å². The molecule has 0 N–H and O–H groups in total. The van der Waals surface area contributed by atoms with Gasteiger partial charge in [0.1, 0.15) is 11.2 Å². The summed E-state index contributed by atoms with van der Waals surface area (Å²) in [5, 5.41) is 0. The molecular weight excluding hydrogens is 609 g/mol. The van der Waals surface area contributed by atoms with Gasteiger partial charge in [-0.15, -0.1) is 12.8 Å². The first kappa shape index (κ1) is 47.1. The average molecular weight is 697 g/mol. The predicted molar refractivity (Wildman–Crippen MR) is 221 cm³/mol. The summed E-state index contributed by atoms with van der Waals surface area (Å²) in [6.45, 7) is 18.3. The molecular formula is C48H88O2.